The molecule has 0 bridgehead atoms. The Kier molecular flexibility index (Phi) is 11.3. The van der Waals surface area contributed by atoms with Crippen molar-refractivity contribution in [3.8, 4) is 0 Å². The Bertz CT molecular complexity index is 408. The molecule has 1 atom stereocenters. The minimum Gasteiger partial charge on any atom is -0.469 e. The molecule has 7 nitrogen and oxygen atoms in total. The standard InChI is InChI=1S/C16H31NO6Si/c1-22-15(20)6-5-14(19)17-12-13(7-8-18)11-16(21)23-9-10-24(2,3)4/h13,18H,5-12H2,1-4H3,(H,17,19)/t13-/m1/s1. The van der Waals surface area contributed by atoms with Crippen molar-refractivity contribution in [1.82, 2.24) is 5.32 Å². The van der Waals surface area contributed by atoms with E-state index < -0.39 is 14.0 Å². The Morgan fingerprint density at radius 2 is 1.79 bits per heavy atom. The molecule has 0 aromatic heterocycles. The van der Waals surface area contributed by atoms with Crippen molar-refractivity contribution in [2.24, 2.45) is 5.92 Å². The lowest BCUT2D eigenvalue weighted by Crippen LogP contribution is -2.31. The maximum Gasteiger partial charge on any atom is 0.306 e. The maximum absolute atomic E-state index is 11.9. The number of esters is 2. The molecule has 0 aliphatic heterocycles. The lowest BCUT2D eigenvalue weighted by Gasteiger charge is -2.18. The van der Waals surface area contributed by atoms with E-state index in [9.17, 15) is 14.4 Å². The largest absolute Gasteiger partial charge is 0.469 e. The number of hydrogen-bond donors (Lipinski definition) is 2. The van der Waals surface area contributed by atoms with E-state index in [1.54, 1.807) is 0 Å². The van der Waals surface area contributed by atoms with Crippen LogP contribution in [0.15, 0.2) is 0 Å². The zero-order valence-electron chi connectivity index (χ0n) is 15.2. The predicted octanol–water partition coefficient (Wildman–Crippen LogP) is 1.33. The molecule has 0 aromatic carbocycles. The molecule has 0 spiro atoms. The molecule has 0 saturated carbocycles. The van der Waals surface area contributed by atoms with Crippen molar-refractivity contribution in [1.29, 1.82) is 0 Å². The van der Waals surface area contributed by atoms with Crippen LogP contribution in [0.4, 0.5) is 0 Å². The fraction of sp³-hybridized carbons (Fsp3) is 0.812. The summed E-state index contributed by atoms with van der Waals surface area (Å²) in [4.78, 5) is 34.5. The fourth-order valence-corrected chi connectivity index (χ4v) is 2.60. The Hall–Kier alpha value is -1.41. The first-order valence-electron chi connectivity index (χ1n) is 8.28. The minimum atomic E-state index is -1.24. The second-order valence-corrected chi connectivity index (χ2v) is 12.6. The molecule has 0 radical (unpaired) electrons. The van der Waals surface area contributed by atoms with Crippen molar-refractivity contribution in [3.63, 3.8) is 0 Å². The zero-order chi connectivity index (χ0) is 18.6. The van der Waals surface area contributed by atoms with E-state index in [2.05, 4.69) is 29.7 Å². The average Bonchev–Trinajstić information content (AvgIpc) is 2.49. The Balaban J connectivity index is 4.13. The first kappa shape index (κ1) is 22.6. The second-order valence-electron chi connectivity index (χ2n) is 6.99. The van der Waals surface area contributed by atoms with Gasteiger partial charge in [0.2, 0.25) is 5.91 Å². The summed E-state index contributed by atoms with van der Waals surface area (Å²) < 4.78 is 9.70. The van der Waals surface area contributed by atoms with Gasteiger partial charge < -0.3 is 19.9 Å². The molecule has 0 aliphatic rings. The van der Waals surface area contributed by atoms with Gasteiger partial charge in [-0.3, -0.25) is 14.4 Å². The van der Waals surface area contributed by atoms with Gasteiger partial charge in [-0.1, -0.05) is 19.6 Å². The molecule has 0 rings (SSSR count). The van der Waals surface area contributed by atoms with Crippen LogP contribution in [0, 0.1) is 5.92 Å². The lowest BCUT2D eigenvalue weighted by molar-refractivity contribution is -0.144. The van der Waals surface area contributed by atoms with Crippen LogP contribution in [0.1, 0.15) is 25.7 Å². The van der Waals surface area contributed by atoms with Crippen LogP contribution >= 0.6 is 0 Å². The van der Waals surface area contributed by atoms with Crippen LogP contribution in [0.2, 0.25) is 25.7 Å². The molecule has 0 fully saturated rings. The molecule has 0 heterocycles. The van der Waals surface area contributed by atoms with Crippen molar-refractivity contribution >= 4 is 25.9 Å². The van der Waals surface area contributed by atoms with Crippen LogP contribution in [0.25, 0.3) is 0 Å². The molecule has 24 heavy (non-hydrogen) atoms. The summed E-state index contributed by atoms with van der Waals surface area (Å²) in [6, 6.07) is 0.910. The molecule has 2 N–H and O–H groups in total. The van der Waals surface area contributed by atoms with Gasteiger partial charge in [-0.25, -0.2) is 0 Å². The highest BCUT2D eigenvalue weighted by Gasteiger charge is 2.18. The van der Waals surface area contributed by atoms with Crippen LogP contribution in [0.5, 0.6) is 0 Å². The van der Waals surface area contributed by atoms with Crippen molar-refractivity contribution < 1.29 is 29.0 Å². The lowest BCUT2D eigenvalue weighted by atomic mass is 10.0. The van der Waals surface area contributed by atoms with Gasteiger partial charge in [0.25, 0.3) is 0 Å². The van der Waals surface area contributed by atoms with E-state index in [0.29, 0.717) is 13.0 Å². The quantitative estimate of drug-likeness (QED) is 0.402. The third-order valence-corrected chi connectivity index (χ3v) is 5.18. The number of amides is 1. The minimum absolute atomic E-state index is 0.0196. The van der Waals surface area contributed by atoms with Crippen molar-refractivity contribution in [2.45, 2.75) is 51.4 Å². The number of ether oxygens (including phenoxy) is 2. The highest BCUT2D eigenvalue weighted by atomic mass is 28.3. The average molecular weight is 362 g/mol. The highest BCUT2D eigenvalue weighted by Crippen LogP contribution is 2.11. The zero-order valence-corrected chi connectivity index (χ0v) is 16.2. The van der Waals surface area contributed by atoms with Crippen LogP contribution < -0.4 is 5.32 Å². The summed E-state index contributed by atoms with van der Waals surface area (Å²) in [5.41, 5.74) is 0. The Morgan fingerprint density at radius 3 is 2.33 bits per heavy atom. The molecule has 8 heteroatoms. The molecule has 1 amide bonds. The van der Waals surface area contributed by atoms with E-state index >= 15 is 0 Å². The van der Waals surface area contributed by atoms with E-state index in [0.717, 1.165) is 6.04 Å². The van der Waals surface area contributed by atoms with Gasteiger partial charge >= 0.3 is 11.9 Å². The number of rotatable bonds is 12. The smallest absolute Gasteiger partial charge is 0.306 e. The van der Waals surface area contributed by atoms with Gasteiger partial charge in [0.05, 0.1) is 26.6 Å². The molecular weight excluding hydrogens is 330 g/mol. The van der Waals surface area contributed by atoms with Gasteiger partial charge in [-0.15, -0.1) is 0 Å². The van der Waals surface area contributed by atoms with Gasteiger partial charge in [-0.05, 0) is 18.4 Å². The summed E-state index contributed by atoms with van der Waals surface area (Å²) in [5, 5.41) is 11.8. The molecule has 140 valence electrons. The summed E-state index contributed by atoms with van der Waals surface area (Å²) in [6.45, 7) is 7.25. The number of methoxy groups -OCH3 is 1. The van der Waals surface area contributed by atoms with Crippen molar-refractivity contribution in [2.75, 3.05) is 26.9 Å². The molecule has 0 aromatic rings. The normalized spacial score (nSPS) is 12.4. The van der Waals surface area contributed by atoms with Gasteiger partial charge in [0.1, 0.15) is 0 Å². The third-order valence-electron chi connectivity index (χ3n) is 3.48. The number of carbonyl (C=O) groups excluding carboxylic acids is 3. The van der Waals surface area contributed by atoms with E-state index in [4.69, 9.17) is 9.84 Å². The van der Waals surface area contributed by atoms with Crippen molar-refractivity contribution in [3.05, 3.63) is 0 Å². The van der Waals surface area contributed by atoms with Gasteiger partial charge in [0.15, 0.2) is 0 Å². The third kappa shape index (κ3) is 13.1. The Labute approximate surface area is 145 Å². The number of aliphatic hydroxyl groups is 1. The monoisotopic (exact) mass is 361 g/mol. The molecule has 0 aliphatic carbocycles. The summed E-state index contributed by atoms with van der Waals surface area (Å²) in [6.07, 6.45) is 0.620. The SMILES string of the molecule is COC(=O)CCC(=O)NC[C@H](CCO)CC(=O)OCC[Si](C)(C)C. The molecular formula is C16H31NO6Si. The number of nitrogens with one attached hydrogen (secondary N) is 1. The molecule has 0 unspecified atom stereocenters. The van der Waals surface area contributed by atoms with Crippen LogP contribution in [-0.4, -0.2) is 57.9 Å². The first-order chi connectivity index (χ1) is 11.2. The van der Waals surface area contributed by atoms with Crippen LogP contribution in [-0.2, 0) is 23.9 Å². The maximum atomic E-state index is 11.9. The van der Waals surface area contributed by atoms with Gasteiger partial charge in [-0.2, -0.15) is 0 Å². The molecule has 0 saturated heterocycles. The van der Waals surface area contributed by atoms with Gasteiger partial charge in [0, 0.05) is 27.6 Å². The Morgan fingerprint density at radius 1 is 1.12 bits per heavy atom. The van der Waals surface area contributed by atoms with Crippen LogP contribution in [0.3, 0.4) is 0 Å². The number of carbonyl (C=O) groups is 3. The summed E-state index contributed by atoms with van der Waals surface area (Å²) in [7, 11) is 0.0261. The first-order valence-corrected chi connectivity index (χ1v) is 12.0. The highest BCUT2D eigenvalue weighted by molar-refractivity contribution is 6.76. The van der Waals surface area contributed by atoms with E-state index in [-0.39, 0.29) is 50.2 Å². The predicted molar refractivity (Wildman–Crippen MR) is 93.2 cm³/mol. The summed E-state index contributed by atoms with van der Waals surface area (Å²) >= 11 is 0. The van der Waals surface area contributed by atoms with E-state index in [1.807, 2.05) is 0 Å². The number of hydrogen-bond acceptors (Lipinski definition) is 6. The number of aliphatic hydroxyl groups excluding tert-OH is 1. The van der Waals surface area contributed by atoms with E-state index in [1.165, 1.54) is 7.11 Å². The fourth-order valence-electron chi connectivity index (χ4n) is 1.89. The second kappa shape index (κ2) is 12.0. The topological polar surface area (TPSA) is 102 Å². The summed E-state index contributed by atoms with van der Waals surface area (Å²) in [5.74, 6) is -1.22.